The van der Waals surface area contributed by atoms with Gasteiger partial charge in [-0.3, -0.25) is 4.79 Å². The molecule has 3 nitrogen and oxygen atoms in total. The van der Waals surface area contributed by atoms with Crippen LogP contribution in [0.2, 0.25) is 0 Å². The SMILES string of the molecule is COc1ccc(C)cc1C(C#N)C(=O)c1csc(I)c1. The number of Topliss-reactive ketones (excluding diaryl/α,β-unsaturated/α-hetero) is 1. The lowest BCUT2D eigenvalue weighted by Crippen LogP contribution is -2.12. The molecule has 1 atom stereocenters. The van der Waals surface area contributed by atoms with Crippen molar-refractivity contribution in [1.82, 2.24) is 0 Å². The topological polar surface area (TPSA) is 50.1 Å². The lowest BCUT2D eigenvalue weighted by molar-refractivity contribution is 0.0978. The lowest BCUT2D eigenvalue weighted by atomic mass is 9.91. The zero-order valence-corrected chi connectivity index (χ0v) is 14.0. The minimum Gasteiger partial charge on any atom is -0.496 e. The predicted octanol–water partition coefficient (Wildman–Crippen LogP) is 4.16. The Morgan fingerprint density at radius 2 is 2.20 bits per heavy atom. The van der Waals surface area contributed by atoms with E-state index in [2.05, 4.69) is 28.7 Å². The van der Waals surface area contributed by atoms with Gasteiger partial charge in [-0.15, -0.1) is 11.3 Å². The van der Waals surface area contributed by atoms with Crippen molar-refractivity contribution in [1.29, 1.82) is 5.26 Å². The van der Waals surface area contributed by atoms with Gasteiger partial charge in [-0.05, 0) is 41.6 Å². The number of carbonyl (C=O) groups excluding carboxylic acids is 1. The summed E-state index contributed by atoms with van der Waals surface area (Å²) >= 11 is 3.66. The average molecular weight is 397 g/mol. The van der Waals surface area contributed by atoms with Crippen LogP contribution >= 0.6 is 33.9 Å². The number of nitriles is 1. The predicted molar refractivity (Wildman–Crippen MR) is 87.5 cm³/mol. The number of carbonyl (C=O) groups is 1. The fraction of sp³-hybridized carbons (Fsp3) is 0.200. The second kappa shape index (κ2) is 6.37. The van der Waals surface area contributed by atoms with Crippen LogP contribution in [-0.4, -0.2) is 12.9 Å². The highest BCUT2D eigenvalue weighted by Gasteiger charge is 2.25. The molecule has 0 spiro atoms. The summed E-state index contributed by atoms with van der Waals surface area (Å²) in [5.74, 6) is -0.453. The first-order valence-corrected chi connectivity index (χ1v) is 7.85. The quantitative estimate of drug-likeness (QED) is 0.575. The Kier molecular flexibility index (Phi) is 4.78. The van der Waals surface area contributed by atoms with Crippen molar-refractivity contribution in [3.63, 3.8) is 0 Å². The molecule has 0 aliphatic rings. The molecule has 5 heteroatoms. The summed E-state index contributed by atoms with van der Waals surface area (Å²) in [7, 11) is 1.54. The summed E-state index contributed by atoms with van der Waals surface area (Å²) in [6, 6.07) is 9.43. The van der Waals surface area contributed by atoms with Crippen molar-refractivity contribution < 1.29 is 9.53 Å². The Hall–Kier alpha value is -1.39. The number of benzene rings is 1. The first-order chi connectivity index (χ1) is 9.56. The van der Waals surface area contributed by atoms with E-state index in [4.69, 9.17) is 4.74 Å². The highest BCUT2D eigenvalue weighted by atomic mass is 127. The molecule has 0 saturated heterocycles. The van der Waals surface area contributed by atoms with Gasteiger partial charge in [0.15, 0.2) is 5.78 Å². The van der Waals surface area contributed by atoms with Gasteiger partial charge >= 0.3 is 0 Å². The Morgan fingerprint density at radius 3 is 2.75 bits per heavy atom. The zero-order valence-electron chi connectivity index (χ0n) is 11.0. The molecular weight excluding hydrogens is 385 g/mol. The number of methoxy groups -OCH3 is 1. The number of halogens is 1. The van der Waals surface area contributed by atoms with Gasteiger partial charge in [0.2, 0.25) is 0 Å². The van der Waals surface area contributed by atoms with Gasteiger partial charge < -0.3 is 4.74 Å². The summed E-state index contributed by atoms with van der Waals surface area (Å²) in [6.45, 7) is 1.93. The summed E-state index contributed by atoms with van der Waals surface area (Å²) < 4.78 is 6.30. The highest BCUT2D eigenvalue weighted by molar-refractivity contribution is 14.1. The van der Waals surface area contributed by atoms with Crippen LogP contribution in [0.3, 0.4) is 0 Å². The van der Waals surface area contributed by atoms with Crippen molar-refractivity contribution in [2.45, 2.75) is 12.8 Å². The molecular formula is C15H12INO2S. The van der Waals surface area contributed by atoms with Gasteiger partial charge in [-0.25, -0.2) is 0 Å². The van der Waals surface area contributed by atoms with Crippen LogP contribution in [0.4, 0.5) is 0 Å². The van der Waals surface area contributed by atoms with E-state index in [9.17, 15) is 10.1 Å². The maximum atomic E-state index is 12.5. The molecule has 0 aliphatic heterocycles. The maximum absolute atomic E-state index is 12.5. The number of thiophene rings is 1. The molecule has 0 N–H and O–H groups in total. The van der Waals surface area contributed by atoms with Crippen LogP contribution in [0.1, 0.15) is 27.4 Å². The van der Waals surface area contributed by atoms with Crippen LogP contribution in [0, 0.1) is 21.1 Å². The largest absolute Gasteiger partial charge is 0.496 e. The van der Waals surface area contributed by atoms with Gasteiger partial charge in [0.05, 0.1) is 16.1 Å². The summed E-state index contributed by atoms with van der Waals surface area (Å²) in [5.41, 5.74) is 2.20. The molecule has 0 aliphatic carbocycles. The van der Waals surface area contributed by atoms with Crippen molar-refractivity contribution in [2.24, 2.45) is 0 Å². The number of ketones is 1. The number of hydrogen-bond donors (Lipinski definition) is 0. The number of rotatable bonds is 4. The molecule has 1 aromatic heterocycles. The van der Waals surface area contributed by atoms with Crippen molar-refractivity contribution >= 4 is 39.7 Å². The minimum atomic E-state index is -0.838. The molecule has 2 aromatic rings. The highest BCUT2D eigenvalue weighted by Crippen LogP contribution is 2.31. The summed E-state index contributed by atoms with van der Waals surface area (Å²) in [5, 5.41) is 11.2. The third-order valence-corrected chi connectivity index (χ3v) is 4.73. The van der Waals surface area contributed by atoms with E-state index in [1.54, 1.807) is 24.6 Å². The molecule has 0 fully saturated rings. The van der Waals surface area contributed by atoms with E-state index in [1.165, 1.54) is 11.3 Å². The molecule has 1 aromatic carbocycles. The van der Waals surface area contributed by atoms with E-state index in [-0.39, 0.29) is 5.78 Å². The lowest BCUT2D eigenvalue weighted by Gasteiger charge is -2.13. The van der Waals surface area contributed by atoms with Gasteiger partial charge in [0, 0.05) is 16.5 Å². The Bertz CT molecular complexity index is 687. The van der Waals surface area contributed by atoms with Crippen molar-refractivity contribution in [3.8, 4) is 11.8 Å². The van der Waals surface area contributed by atoms with Crippen LogP contribution < -0.4 is 4.74 Å². The number of nitrogens with zero attached hydrogens (tertiary/aromatic N) is 1. The van der Waals surface area contributed by atoms with E-state index in [1.807, 2.05) is 19.1 Å². The maximum Gasteiger partial charge on any atom is 0.185 e. The average Bonchev–Trinajstić information content (AvgIpc) is 2.86. The Morgan fingerprint density at radius 1 is 1.45 bits per heavy atom. The summed E-state index contributed by atoms with van der Waals surface area (Å²) in [6.07, 6.45) is 0. The molecule has 0 amide bonds. The van der Waals surface area contributed by atoms with Gasteiger partial charge in [-0.1, -0.05) is 17.7 Å². The van der Waals surface area contributed by atoms with Crippen LogP contribution in [0.5, 0.6) is 5.75 Å². The van der Waals surface area contributed by atoms with Crippen LogP contribution in [0.25, 0.3) is 0 Å². The molecule has 1 unspecified atom stereocenters. The molecule has 1 heterocycles. The second-order valence-electron chi connectivity index (χ2n) is 4.31. The van der Waals surface area contributed by atoms with E-state index in [0.717, 1.165) is 8.45 Å². The number of aryl methyl sites for hydroxylation is 1. The standard InChI is InChI=1S/C15H12INO2S/c1-9-3-4-13(19-2)11(5-9)12(7-17)15(18)10-6-14(16)20-8-10/h3-6,8,12H,1-2H3. The normalized spacial score (nSPS) is 11.7. The van der Waals surface area contributed by atoms with Gasteiger partial charge in [0.1, 0.15) is 11.7 Å². The monoisotopic (exact) mass is 397 g/mol. The van der Waals surface area contributed by atoms with Gasteiger partial charge in [-0.2, -0.15) is 5.26 Å². The van der Waals surface area contributed by atoms with Gasteiger partial charge in [0.25, 0.3) is 0 Å². The molecule has 2 rings (SSSR count). The third kappa shape index (κ3) is 3.02. The van der Waals surface area contributed by atoms with E-state index >= 15 is 0 Å². The minimum absolute atomic E-state index is 0.185. The molecule has 102 valence electrons. The molecule has 0 bridgehead atoms. The van der Waals surface area contributed by atoms with Crippen molar-refractivity contribution in [2.75, 3.05) is 7.11 Å². The molecule has 0 saturated carbocycles. The number of ether oxygens (including phenoxy) is 1. The van der Waals surface area contributed by atoms with E-state index in [0.29, 0.717) is 16.9 Å². The molecule has 0 radical (unpaired) electrons. The fourth-order valence-electron chi connectivity index (χ4n) is 1.95. The Balaban J connectivity index is 2.45. The van der Waals surface area contributed by atoms with Crippen LogP contribution in [-0.2, 0) is 0 Å². The summed E-state index contributed by atoms with van der Waals surface area (Å²) in [4.78, 5) is 12.5. The fourth-order valence-corrected chi connectivity index (χ4v) is 3.29. The van der Waals surface area contributed by atoms with Crippen molar-refractivity contribution in [3.05, 3.63) is 49.2 Å². The molecule has 20 heavy (non-hydrogen) atoms. The second-order valence-corrected chi connectivity index (χ2v) is 7.12. The zero-order chi connectivity index (χ0) is 14.7. The first-order valence-electron chi connectivity index (χ1n) is 5.89. The van der Waals surface area contributed by atoms with Crippen LogP contribution in [0.15, 0.2) is 29.6 Å². The third-order valence-electron chi connectivity index (χ3n) is 2.94. The van der Waals surface area contributed by atoms with E-state index < -0.39 is 5.92 Å². The Labute approximate surface area is 135 Å². The first kappa shape index (κ1) is 15.0. The number of hydrogen-bond acceptors (Lipinski definition) is 4. The smallest absolute Gasteiger partial charge is 0.185 e.